The summed E-state index contributed by atoms with van der Waals surface area (Å²) in [6, 6.07) is 5.81. The van der Waals surface area contributed by atoms with E-state index < -0.39 is 46.5 Å². The molecule has 3 heterocycles. The maximum absolute atomic E-state index is 13.3. The lowest BCUT2D eigenvalue weighted by Crippen LogP contribution is -2.46. The number of aromatic hydroxyl groups is 1. The summed E-state index contributed by atoms with van der Waals surface area (Å²) in [6.07, 6.45) is 0.921. The largest absolute Gasteiger partial charge is 0.505 e. The average molecular weight is 483 g/mol. The van der Waals surface area contributed by atoms with Crippen molar-refractivity contribution in [2.24, 2.45) is 0 Å². The van der Waals surface area contributed by atoms with Crippen LogP contribution < -0.4 is 26.2 Å². The van der Waals surface area contributed by atoms with E-state index in [0.717, 1.165) is 5.56 Å². The van der Waals surface area contributed by atoms with Crippen LogP contribution in [0.15, 0.2) is 35.3 Å². The minimum Gasteiger partial charge on any atom is -0.505 e. The molecule has 3 amide bonds. The number of carbonyl (C=O) groups is 3. The first-order valence-corrected chi connectivity index (χ1v) is 10.7. The molecule has 12 heteroatoms. The highest BCUT2D eigenvalue weighted by molar-refractivity contribution is 6.35. The van der Waals surface area contributed by atoms with Gasteiger partial charge in [0.1, 0.15) is 28.5 Å². The third kappa shape index (κ3) is 4.37. The molecule has 1 aliphatic rings. The molecule has 0 radical (unpaired) electrons. The Kier molecular flexibility index (Phi) is 6.36. The summed E-state index contributed by atoms with van der Waals surface area (Å²) in [4.78, 5) is 53.3. The smallest absolute Gasteiger partial charge is 0.309 e. The normalized spacial score (nSPS) is 14.2. The Morgan fingerprint density at radius 1 is 1.17 bits per heavy atom. The van der Waals surface area contributed by atoms with E-state index in [2.05, 4.69) is 20.9 Å². The lowest BCUT2D eigenvalue weighted by Gasteiger charge is -2.29. The maximum atomic E-state index is 13.3. The van der Waals surface area contributed by atoms with Crippen molar-refractivity contribution in [3.05, 3.63) is 63.3 Å². The Hall–Kier alpha value is -4.48. The first-order chi connectivity index (χ1) is 16.7. The third-order valence-electron chi connectivity index (χ3n) is 5.63. The van der Waals surface area contributed by atoms with Crippen molar-refractivity contribution in [1.29, 1.82) is 0 Å². The SMILES string of the molecule is CNC(=O)C(=O)NC[C@@H]1Cn2c(=O)c(C(=O)NC)c(O)c3ncc(Cc4ccc(F)cc4)c(c32)O1. The summed E-state index contributed by atoms with van der Waals surface area (Å²) in [6.45, 7) is -0.198. The summed E-state index contributed by atoms with van der Waals surface area (Å²) < 4.78 is 20.7. The molecule has 0 spiro atoms. The highest BCUT2D eigenvalue weighted by atomic mass is 19.1. The molecule has 3 aromatic rings. The number of hydrogen-bond acceptors (Lipinski definition) is 7. The molecule has 4 rings (SSSR count). The molecule has 35 heavy (non-hydrogen) atoms. The lowest BCUT2D eigenvalue weighted by molar-refractivity contribution is -0.139. The molecule has 0 fully saturated rings. The predicted molar refractivity (Wildman–Crippen MR) is 122 cm³/mol. The topological polar surface area (TPSA) is 152 Å². The first kappa shape index (κ1) is 23.7. The van der Waals surface area contributed by atoms with Crippen molar-refractivity contribution in [3.63, 3.8) is 0 Å². The van der Waals surface area contributed by atoms with E-state index in [1.54, 1.807) is 12.1 Å². The monoisotopic (exact) mass is 483 g/mol. The Morgan fingerprint density at radius 3 is 2.54 bits per heavy atom. The second-order valence-electron chi connectivity index (χ2n) is 7.86. The zero-order valence-corrected chi connectivity index (χ0v) is 18.8. The number of carbonyl (C=O) groups excluding carboxylic acids is 3. The van der Waals surface area contributed by atoms with E-state index in [9.17, 15) is 28.7 Å². The number of benzene rings is 1. The third-order valence-corrected chi connectivity index (χ3v) is 5.63. The van der Waals surface area contributed by atoms with E-state index >= 15 is 0 Å². The molecule has 1 atom stereocenters. The number of pyridine rings is 2. The minimum atomic E-state index is -0.877. The Balaban J connectivity index is 1.82. The fraction of sp³-hybridized carbons (Fsp3) is 0.261. The number of hydrogen-bond donors (Lipinski definition) is 4. The molecule has 182 valence electrons. The summed E-state index contributed by atoms with van der Waals surface area (Å²) in [5, 5.41) is 17.7. The van der Waals surface area contributed by atoms with Crippen LogP contribution in [0.2, 0.25) is 0 Å². The molecule has 0 unspecified atom stereocenters. The molecule has 2 aromatic heterocycles. The molecule has 0 bridgehead atoms. The van der Waals surface area contributed by atoms with E-state index in [1.807, 2.05) is 0 Å². The Morgan fingerprint density at radius 2 is 1.89 bits per heavy atom. The fourth-order valence-corrected chi connectivity index (χ4v) is 3.90. The summed E-state index contributed by atoms with van der Waals surface area (Å²) >= 11 is 0. The van der Waals surface area contributed by atoms with Gasteiger partial charge in [0.25, 0.3) is 11.5 Å². The molecular weight excluding hydrogens is 461 g/mol. The van der Waals surface area contributed by atoms with Crippen LogP contribution in [0, 0.1) is 5.82 Å². The van der Waals surface area contributed by atoms with Gasteiger partial charge in [-0.2, -0.15) is 0 Å². The van der Waals surface area contributed by atoms with Gasteiger partial charge >= 0.3 is 11.8 Å². The standard InChI is InChI=1S/C23H22FN5O6/c1-25-20(31)15-18(30)16-17-19(12(8-27-16)7-11-3-5-13(24)6-4-11)35-14(10-29(17)23(15)34)9-28-22(33)21(32)26-2/h3-6,8,14,30H,7,9-10H2,1-2H3,(H,25,31)(H,26,32)(H,28,33)/t14-/m1/s1. The second-order valence-corrected chi connectivity index (χ2v) is 7.86. The van der Waals surface area contributed by atoms with Crippen LogP contribution in [-0.4, -0.2) is 59.1 Å². The van der Waals surface area contributed by atoms with Crippen LogP contribution in [0.5, 0.6) is 11.5 Å². The number of rotatable bonds is 5. The van der Waals surface area contributed by atoms with Crippen molar-refractivity contribution in [3.8, 4) is 11.5 Å². The highest BCUT2D eigenvalue weighted by Crippen LogP contribution is 2.37. The van der Waals surface area contributed by atoms with E-state index in [4.69, 9.17) is 4.74 Å². The molecule has 1 aliphatic heterocycles. The van der Waals surface area contributed by atoms with Crippen LogP contribution in [0.25, 0.3) is 11.0 Å². The van der Waals surface area contributed by atoms with Gasteiger partial charge in [-0.3, -0.25) is 28.7 Å². The van der Waals surface area contributed by atoms with Crippen LogP contribution in [0.1, 0.15) is 21.5 Å². The quantitative estimate of drug-likeness (QED) is 0.367. The van der Waals surface area contributed by atoms with E-state index in [0.29, 0.717) is 5.56 Å². The van der Waals surface area contributed by atoms with Gasteiger partial charge in [-0.25, -0.2) is 4.39 Å². The zero-order chi connectivity index (χ0) is 25.3. The van der Waals surface area contributed by atoms with E-state index in [1.165, 1.54) is 37.0 Å². The highest BCUT2D eigenvalue weighted by Gasteiger charge is 2.32. The van der Waals surface area contributed by atoms with Gasteiger partial charge in [0.2, 0.25) is 0 Å². The molecule has 0 saturated carbocycles. The fourth-order valence-electron chi connectivity index (χ4n) is 3.90. The number of aromatic nitrogens is 2. The summed E-state index contributed by atoms with van der Waals surface area (Å²) in [5.74, 6) is -3.25. The maximum Gasteiger partial charge on any atom is 0.309 e. The summed E-state index contributed by atoms with van der Waals surface area (Å²) in [7, 11) is 2.64. The van der Waals surface area contributed by atoms with Crippen molar-refractivity contribution in [2.45, 2.75) is 19.1 Å². The number of nitrogens with one attached hydrogen (secondary N) is 3. The predicted octanol–water partition coefficient (Wildman–Crippen LogP) is -0.185. The summed E-state index contributed by atoms with van der Waals surface area (Å²) in [5.41, 5.74) is 0.221. The van der Waals surface area contributed by atoms with Gasteiger partial charge in [-0.1, -0.05) is 12.1 Å². The lowest BCUT2D eigenvalue weighted by atomic mass is 10.0. The van der Waals surface area contributed by atoms with Gasteiger partial charge in [0.05, 0.1) is 13.1 Å². The number of halogens is 1. The van der Waals surface area contributed by atoms with Gasteiger partial charge in [0.15, 0.2) is 11.5 Å². The van der Waals surface area contributed by atoms with Gasteiger partial charge < -0.3 is 25.8 Å². The van der Waals surface area contributed by atoms with Crippen molar-refractivity contribution in [1.82, 2.24) is 25.5 Å². The number of amides is 3. The van der Waals surface area contributed by atoms with Crippen LogP contribution in [-0.2, 0) is 22.6 Å². The molecule has 0 aliphatic carbocycles. The molecule has 4 N–H and O–H groups in total. The number of nitrogens with zero attached hydrogens (tertiary/aromatic N) is 2. The van der Waals surface area contributed by atoms with Crippen LogP contribution in [0.3, 0.4) is 0 Å². The minimum absolute atomic E-state index is 0.00565. The van der Waals surface area contributed by atoms with Crippen LogP contribution in [0.4, 0.5) is 4.39 Å². The Labute approximate surface area is 197 Å². The number of likely N-dealkylation sites (N-methyl/N-ethyl adjacent to an activating group) is 1. The second kappa shape index (κ2) is 9.41. The number of ether oxygens (including phenoxy) is 1. The first-order valence-electron chi connectivity index (χ1n) is 10.7. The Bertz CT molecular complexity index is 1400. The molecular formula is C23H22FN5O6. The van der Waals surface area contributed by atoms with E-state index in [-0.39, 0.29) is 36.3 Å². The van der Waals surface area contributed by atoms with Gasteiger partial charge in [-0.05, 0) is 17.7 Å². The van der Waals surface area contributed by atoms with Crippen molar-refractivity contribution < 1.29 is 28.6 Å². The van der Waals surface area contributed by atoms with Crippen molar-refractivity contribution in [2.75, 3.05) is 20.6 Å². The molecule has 11 nitrogen and oxygen atoms in total. The molecule has 0 saturated heterocycles. The zero-order valence-electron chi connectivity index (χ0n) is 18.8. The molecule has 1 aromatic carbocycles. The van der Waals surface area contributed by atoms with Crippen LogP contribution >= 0.6 is 0 Å². The van der Waals surface area contributed by atoms with Gasteiger partial charge in [0, 0.05) is 32.3 Å². The van der Waals surface area contributed by atoms with Gasteiger partial charge in [-0.15, -0.1) is 0 Å². The van der Waals surface area contributed by atoms with Crippen molar-refractivity contribution >= 4 is 28.8 Å². The average Bonchev–Trinajstić information content (AvgIpc) is 2.86.